The first kappa shape index (κ1) is 13.1. The van der Waals surface area contributed by atoms with E-state index < -0.39 is 0 Å². The minimum absolute atomic E-state index is 0.356. The van der Waals surface area contributed by atoms with Crippen LogP contribution in [0, 0.1) is 11.3 Å². The molecule has 0 radical (unpaired) electrons. The summed E-state index contributed by atoms with van der Waals surface area (Å²) in [5.74, 6) is 0. The normalized spacial score (nSPS) is 10.3. The zero-order valence-corrected chi connectivity index (χ0v) is 10.8. The smallest absolute Gasteiger partial charge is 0.142 e. The molecule has 0 amide bonds. The lowest BCUT2D eigenvalue weighted by molar-refractivity contribution is 0.132. The van der Waals surface area contributed by atoms with Crippen molar-refractivity contribution in [3.8, 4) is 6.07 Å². The summed E-state index contributed by atoms with van der Waals surface area (Å²) >= 11 is 5.86. The second-order valence-electron chi connectivity index (χ2n) is 3.88. The summed E-state index contributed by atoms with van der Waals surface area (Å²) in [6.07, 6.45) is 1.57. The predicted molar refractivity (Wildman–Crippen MR) is 75.0 cm³/mol. The SMILES string of the molecule is N#Cc1cccc(C=NOCc2cccc(Cl)c2)c1. The fraction of sp³-hybridized carbons (Fsp3) is 0.0667. The molecule has 2 aromatic carbocycles. The molecular weight excluding hydrogens is 260 g/mol. The summed E-state index contributed by atoms with van der Waals surface area (Å²) in [6.45, 7) is 0.356. The molecule has 94 valence electrons. The van der Waals surface area contributed by atoms with E-state index in [0.29, 0.717) is 17.2 Å². The largest absolute Gasteiger partial charge is 0.391 e. The Bertz CT molecular complexity index is 632. The second kappa shape index (κ2) is 6.58. The predicted octanol–water partition coefficient (Wildman–Crippen LogP) is 3.76. The summed E-state index contributed by atoms with van der Waals surface area (Å²) in [6, 6.07) is 16.6. The van der Waals surface area contributed by atoms with E-state index >= 15 is 0 Å². The molecule has 0 fully saturated rings. The van der Waals surface area contributed by atoms with E-state index in [4.69, 9.17) is 21.7 Å². The van der Waals surface area contributed by atoms with Crippen LogP contribution in [0.4, 0.5) is 0 Å². The van der Waals surface area contributed by atoms with E-state index in [-0.39, 0.29) is 0 Å². The van der Waals surface area contributed by atoms with Crippen LogP contribution in [-0.2, 0) is 11.4 Å². The van der Waals surface area contributed by atoms with Crippen molar-refractivity contribution in [3.63, 3.8) is 0 Å². The van der Waals surface area contributed by atoms with Gasteiger partial charge in [-0.05, 0) is 35.4 Å². The molecule has 0 spiro atoms. The van der Waals surface area contributed by atoms with Crippen LogP contribution < -0.4 is 0 Å². The lowest BCUT2D eigenvalue weighted by Gasteiger charge is -2.00. The molecular formula is C15H11ClN2O. The van der Waals surface area contributed by atoms with Crippen molar-refractivity contribution in [2.24, 2.45) is 5.16 Å². The summed E-state index contributed by atoms with van der Waals surface area (Å²) in [7, 11) is 0. The first-order valence-electron chi connectivity index (χ1n) is 5.68. The van der Waals surface area contributed by atoms with Gasteiger partial charge in [-0.25, -0.2) is 0 Å². The molecule has 2 rings (SSSR count). The highest BCUT2D eigenvalue weighted by molar-refractivity contribution is 6.30. The molecule has 0 bridgehead atoms. The van der Waals surface area contributed by atoms with Crippen molar-refractivity contribution in [2.45, 2.75) is 6.61 Å². The van der Waals surface area contributed by atoms with Crippen molar-refractivity contribution in [1.82, 2.24) is 0 Å². The third-order valence-electron chi connectivity index (χ3n) is 2.41. The third kappa shape index (κ3) is 4.13. The standard InChI is InChI=1S/C15H11ClN2O/c16-15-6-2-5-14(8-15)11-19-18-10-13-4-1-3-12(7-13)9-17/h1-8,10H,11H2. The Labute approximate surface area is 116 Å². The summed E-state index contributed by atoms with van der Waals surface area (Å²) in [5, 5.41) is 13.3. The lowest BCUT2D eigenvalue weighted by Crippen LogP contribution is -1.88. The molecule has 0 aliphatic heterocycles. The third-order valence-corrected chi connectivity index (χ3v) is 2.65. The Morgan fingerprint density at radius 2 is 2.05 bits per heavy atom. The molecule has 0 atom stereocenters. The van der Waals surface area contributed by atoms with Crippen molar-refractivity contribution in [3.05, 3.63) is 70.2 Å². The van der Waals surface area contributed by atoms with Crippen LogP contribution in [0.15, 0.2) is 53.7 Å². The molecule has 0 aromatic heterocycles. The molecule has 0 aliphatic rings. The quantitative estimate of drug-likeness (QED) is 0.627. The van der Waals surface area contributed by atoms with Gasteiger partial charge in [-0.1, -0.05) is 41.0 Å². The zero-order chi connectivity index (χ0) is 13.5. The Morgan fingerprint density at radius 1 is 1.21 bits per heavy atom. The van der Waals surface area contributed by atoms with Crippen molar-refractivity contribution >= 4 is 17.8 Å². The van der Waals surface area contributed by atoms with E-state index in [2.05, 4.69) is 11.2 Å². The highest BCUT2D eigenvalue weighted by Gasteiger charge is 1.94. The number of oxime groups is 1. The van der Waals surface area contributed by atoms with Gasteiger partial charge < -0.3 is 4.84 Å². The minimum atomic E-state index is 0.356. The maximum Gasteiger partial charge on any atom is 0.142 e. The Hall–Kier alpha value is -2.31. The van der Waals surface area contributed by atoms with Crippen LogP contribution in [0.2, 0.25) is 5.02 Å². The first-order chi connectivity index (χ1) is 9.28. The van der Waals surface area contributed by atoms with Crippen LogP contribution in [-0.4, -0.2) is 6.21 Å². The van der Waals surface area contributed by atoms with E-state index in [0.717, 1.165) is 11.1 Å². The molecule has 4 heteroatoms. The van der Waals surface area contributed by atoms with Crippen molar-refractivity contribution in [1.29, 1.82) is 5.26 Å². The van der Waals surface area contributed by atoms with Gasteiger partial charge in [-0.2, -0.15) is 5.26 Å². The molecule has 19 heavy (non-hydrogen) atoms. The van der Waals surface area contributed by atoms with Crippen LogP contribution >= 0.6 is 11.6 Å². The second-order valence-corrected chi connectivity index (χ2v) is 4.31. The van der Waals surface area contributed by atoms with Gasteiger partial charge in [0.05, 0.1) is 17.8 Å². The molecule has 2 aromatic rings. The van der Waals surface area contributed by atoms with E-state index in [1.54, 1.807) is 24.4 Å². The highest BCUT2D eigenvalue weighted by Crippen LogP contribution is 2.11. The Morgan fingerprint density at radius 3 is 2.84 bits per heavy atom. The Kier molecular flexibility index (Phi) is 4.54. The summed E-state index contributed by atoms with van der Waals surface area (Å²) in [4.78, 5) is 5.18. The van der Waals surface area contributed by atoms with E-state index in [1.807, 2.05) is 30.3 Å². The summed E-state index contributed by atoms with van der Waals surface area (Å²) in [5.41, 5.74) is 2.37. The van der Waals surface area contributed by atoms with Gasteiger partial charge in [-0.3, -0.25) is 0 Å². The first-order valence-corrected chi connectivity index (χ1v) is 6.05. The molecule has 0 unspecified atom stereocenters. The number of hydrogen-bond acceptors (Lipinski definition) is 3. The number of nitriles is 1. The maximum atomic E-state index is 8.77. The molecule has 0 saturated carbocycles. The topological polar surface area (TPSA) is 45.4 Å². The van der Waals surface area contributed by atoms with Crippen LogP contribution in [0.3, 0.4) is 0 Å². The van der Waals surface area contributed by atoms with Gasteiger partial charge >= 0.3 is 0 Å². The van der Waals surface area contributed by atoms with Crippen LogP contribution in [0.5, 0.6) is 0 Å². The van der Waals surface area contributed by atoms with Crippen LogP contribution in [0.1, 0.15) is 16.7 Å². The van der Waals surface area contributed by atoms with Crippen LogP contribution in [0.25, 0.3) is 0 Å². The van der Waals surface area contributed by atoms with E-state index in [1.165, 1.54) is 0 Å². The lowest BCUT2D eigenvalue weighted by atomic mass is 10.1. The van der Waals surface area contributed by atoms with Crippen molar-refractivity contribution < 1.29 is 4.84 Å². The molecule has 0 N–H and O–H groups in total. The average molecular weight is 271 g/mol. The average Bonchev–Trinajstić information content (AvgIpc) is 2.44. The molecule has 0 aliphatic carbocycles. The van der Waals surface area contributed by atoms with Gasteiger partial charge in [0.15, 0.2) is 0 Å². The Balaban J connectivity index is 1.92. The maximum absolute atomic E-state index is 8.77. The number of benzene rings is 2. The number of rotatable bonds is 4. The van der Waals surface area contributed by atoms with Gasteiger partial charge in [0.1, 0.15) is 6.61 Å². The molecule has 0 heterocycles. The minimum Gasteiger partial charge on any atom is -0.391 e. The number of nitrogens with zero attached hydrogens (tertiary/aromatic N) is 2. The fourth-order valence-corrected chi connectivity index (χ4v) is 1.74. The fourth-order valence-electron chi connectivity index (χ4n) is 1.53. The highest BCUT2D eigenvalue weighted by atomic mass is 35.5. The van der Waals surface area contributed by atoms with Gasteiger partial charge in [-0.15, -0.1) is 0 Å². The van der Waals surface area contributed by atoms with Gasteiger partial charge in [0.25, 0.3) is 0 Å². The number of hydrogen-bond donors (Lipinski definition) is 0. The van der Waals surface area contributed by atoms with E-state index in [9.17, 15) is 0 Å². The van der Waals surface area contributed by atoms with Crippen molar-refractivity contribution in [2.75, 3.05) is 0 Å². The number of halogens is 1. The molecule has 0 saturated heterocycles. The zero-order valence-electron chi connectivity index (χ0n) is 10.1. The van der Waals surface area contributed by atoms with Gasteiger partial charge in [0, 0.05) is 5.02 Å². The molecule has 3 nitrogen and oxygen atoms in total. The summed E-state index contributed by atoms with van der Waals surface area (Å²) < 4.78 is 0. The monoisotopic (exact) mass is 270 g/mol. The van der Waals surface area contributed by atoms with Gasteiger partial charge in [0.2, 0.25) is 0 Å².